The first-order chi connectivity index (χ1) is 17.3. The van der Waals surface area contributed by atoms with Gasteiger partial charge in [-0.3, -0.25) is 9.59 Å². The summed E-state index contributed by atoms with van der Waals surface area (Å²) in [5.41, 5.74) is 1.35. The molecule has 0 aliphatic carbocycles. The Labute approximate surface area is 208 Å². The predicted octanol–water partition coefficient (Wildman–Crippen LogP) is 4.41. The van der Waals surface area contributed by atoms with Gasteiger partial charge >= 0.3 is 0 Å². The topological polar surface area (TPSA) is 86.3 Å². The highest BCUT2D eigenvalue weighted by atomic mass is 19.1. The molecule has 188 valence electrons. The van der Waals surface area contributed by atoms with Crippen molar-refractivity contribution in [1.82, 2.24) is 4.90 Å². The minimum Gasteiger partial charge on any atom is -0.493 e. The number of nitrogens with one attached hydrogen (secondary N) is 1. The van der Waals surface area contributed by atoms with Crippen molar-refractivity contribution in [2.75, 3.05) is 40.8 Å². The number of rotatable bonds is 7. The number of amides is 2. The van der Waals surface area contributed by atoms with Gasteiger partial charge < -0.3 is 29.2 Å². The fraction of sp³-hybridized carbons (Fsp3) is 0.259. The van der Waals surface area contributed by atoms with E-state index in [4.69, 9.17) is 18.9 Å². The monoisotopic (exact) mass is 494 g/mol. The van der Waals surface area contributed by atoms with Gasteiger partial charge in [-0.05, 0) is 35.9 Å². The molecule has 0 unspecified atom stereocenters. The number of ether oxygens (including phenoxy) is 4. The molecule has 1 heterocycles. The number of hydrogen-bond acceptors (Lipinski definition) is 6. The van der Waals surface area contributed by atoms with Gasteiger partial charge in [0.1, 0.15) is 5.82 Å². The van der Waals surface area contributed by atoms with E-state index in [1.165, 1.54) is 39.4 Å². The van der Waals surface area contributed by atoms with Crippen LogP contribution in [0.25, 0.3) is 0 Å². The second-order valence-electron chi connectivity index (χ2n) is 8.21. The van der Waals surface area contributed by atoms with Crippen molar-refractivity contribution in [3.63, 3.8) is 0 Å². The molecule has 2 atom stereocenters. The molecule has 0 saturated carbocycles. The van der Waals surface area contributed by atoms with E-state index >= 15 is 4.39 Å². The summed E-state index contributed by atoms with van der Waals surface area (Å²) in [6, 6.07) is 13.3. The molecule has 2 amide bonds. The number of halogens is 1. The van der Waals surface area contributed by atoms with Gasteiger partial charge in [0.25, 0.3) is 5.91 Å². The fourth-order valence-electron chi connectivity index (χ4n) is 4.57. The lowest BCUT2D eigenvalue weighted by molar-refractivity contribution is -0.119. The minimum atomic E-state index is -0.965. The van der Waals surface area contributed by atoms with Gasteiger partial charge in [-0.25, -0.2) is 4.39 Å². The average Bonchev–Trinajstić information content (AvgIpc) is 2.90. The highest BCUT2D eigenvalue weighted by molar-refractivity contribution is 6.05. The van der Waals surface area contributed by atoms with E-state index in [1.807, 2.05) is 0 Å². The molecule has 1 N–H and O–H groups in total. The Bertz CT molecular complexity index is 1310. The van der Waals surface area contributed by atoms with Gasteiger partial charge in [-0.15, -0.1) is 0 Å². The Hall–Kier alpha value is -4.27. The summed E-state index contributed by atoms with van der Waals surface area (Å²) >= 11 is 0. The summed E-state index contributed by atoms with van der Waals surface area (Å²) in [7, 11) is 7.49. The Morgan fingerprint density at radius 3 is 2.08 bits per heavy atom. The van der Waals surface area contributed by atoms with E-state index < -0.39 is 23.7 Å². The van der Waals surface area contributed by atoms with Gasteiger partial charge in [0.05, 0.1) is 40.4 Å². The number of likely N-dealkylation sites (N-methyl/N-ethyl adjacent to an activating group) is 1. The van der Waals surface area contributed by atoms with Gasteiger partial charge in [0.15, 0.2) is 23.0 Å². The lowest BCUT2D eigenvalue weighted by atomic mass is 9.79. The van der Waals surface area contributed by atoms with Crippen molar-refractivity contribution < 1.29 is 32.9 Å². The van der Waals surface area contributed by atoms with E-state index in [9.17, 15) is 9.59 Å². The molecule has 0 bridgehead atoms. The zero-order valence-electron chi connectivity index (χ0n) is 20.6. The van der Waals surface area contributed by atoms with Crippen LogP contribution in [0.4, 0.5) is 10.1 Å². The zero-order chi connectivity index (χ0) is 26.0. The fourth-order valence-corrected chi connectivity index (χ4v) is 4.57. The predicted molar refractivity (Wildman–Crippen MR) is 132 cm³/mol. The van der Waals surface area contributed by atoms with Gasteiger partial charge in [-0.2, -0.15) is 0 Å². The summed E-state index contributed by atoms with van der Waals surface area (Å²) in [6.45, 7) is 0. The van der Waals surface area contributed by atoms with Crippen molar-refractivity contribution in [3.05, 3.63) is 77.1 Å². The smallest absolute Gasteiger partial charge is 0.254 e. The Kier molecular flexibility index (Phi) is 7.00. The summed E-state index contributed by atoms with van der Waals surface area (Å²) in [4.78, 5) is 28.7. The van der Waals surface area contributed by atoms with Crippen LogP contribution < -0.4 is 24.3 Å². The normalized spacial score (nSPS) is 16.7. The van der Waals surface area contributed by atoms with E-state index in [-0.39, 0.29) is 17.0 Å². The number of methoxy groups -OCH3 is 4. The molecule has 3 aromatic rings. The number of nitrogens with zero attached hydrogens (tertiary/aromatic N) is 1. The van der Waals surface area contributed by atoms with Crippen molar-refractivity contribution in [1.29, 1.82) is 0 Å². The molecular formula is C27H27FN2O6. The number of anilines is 1. The lowest BCUT2D eigenvalue weighted by Gasteiger charge is -2.40. The molecular weight excluding hydrogens is 467 g/mol. The molecule has 1 aliphatic heterocycles. The van der Waals surface area contributed by atoms with Crippen LogP contribution in [-0.4, -0.2) is 52.2 Å². The van der Waals surface area contributed by atoms with Gasteiger partial charge in [-0.1, -0.05) is 18.2 Å². The first-order valence-electron chi connectivity index (χ1n) is 11.1. The van der Waals surface area contributed by atoms with Crippen LogP contribution in [-0.2, 0) is 4.79 Å². The van der Waals surface area contributed by atoms with Crippen molar-refractivity contribution in [2.24, 2.45) is 0 Å². The third-order valence-electron chi connectivity index (χ3n) is 6.33. The van der Waals surface area contributed by atoms with Crippen molar-refractivity contribution in [3.8, 4) is 23.0 Å². The standard InChI is InChI=1S/C27H27FN2O6/c1-30-25(16-8-6-7-9-19(16)28)24(17-13-22(35-4)23(36-5)14-18(17)27(30)32)26(31)29-15-10-11-20(33-2)21(12-15)34-3/h6-14,24-25H,1-5H3,(H,29,31)/t24-,25-/m1/s1. The maximum absolute atomic E-state index is 15.0. The van der Waals surface area contributed by atoms with Crippen LogP contribution in [0.3, 0.4) is 0 Å². The van der Waals surface area contributed by atoms with Gasteiger partial charge in [0, 0.05) is 29.9 Å². The van der Waals surface area contributed by atoms with Crippen LogP contribution >= 0.6 is 0 Å². The van der Waals surface area contributed by atoms with E-state index in [0.717, 1.165) is 0 Å². The highest BCUT2D eigenvalue weighted by Crippen LogP contribution is 2.46. The van der Waals surface area contributed by atoms with E-state index in [0.29, 0.717) is 34.2 Å². The van der Waals surface area contributed by atoms with Crippen LogP contribution in [0.15, 0.2) is 54.6 Å². The second kappa shape index (κ2) is 10.2. The Balaban J connectivity index is 1.87. The lowest BCUT2D eigenvalue weighted by Crippen LogP contribution is -2.44. The first kappa shape index (κ1) is 24.8. The van der Waals surface area contributed by atoms with Crippen molar-refractivity contribution in [2.45, 2.75) is 12.0 Å². The Morgan fingerprint density at radius 1 is 0.833 bits per heavy atom. The molecule has 36 heavy (non-hydrogen) atoms. The molecule has 0 radical (unpaired) electrons. The van der Waals surface area contributed by atoms with Crippen LogP contribution in [0.1, 0.15) is 33.4 Å². The zero-order valence-corrected chi connectivity index (χ0v) is 20.6. The minimum absolute atomic E-state index is 0.223. The number of carbonyl (C=O) groups is 2. The molecule has 0 saturated heterocycles. The molecule has 3 aromatic carbocycles. The largest absolute Gasteiger partial charge is 0.493 e. The molecule has 0 aromatic heterocycles. The SMILES string of the molecule is COc1ccc(NC(=O)[C@@H]2c3cc(OC)c(OC)cc3C(=O)N(C)[C@@H]2c2ccccc2F)cc1OC. The number of carbonyl (C=O) groups excluding carboxylic acids is 2. The first-order valence-corrected chi connectivity index (χ1v) is 11.1. The summed E-state index contributed by atoms with van der Waals surface area (Å²) in [5.74, 6) is -0.653. The molecule has 4 rings (SSSR count). The third kappa shape index (κ3) is 4.28. The summed E-state index contributed by atoms with van der Waals surface area (Å²) in [5, 5.41) is 2.89. The molecule has 8 nitrogen and oxygen atoms in total. The number of hydrogen-bond donors (Lipinski definition) is 1. The average molecular weight is 495 g/mol. The van der Waals surface area contributed by atoms with Gasteiger partial charge in [0.2, 0.25) is 5.91 Å². The van der Waals surface area contributed by atoms with Crippen LogP contribution in [0, 0.1) is 5.82 Å². The van der Waals surface area contributed by atoms with Crippen molar-refractivity contribution >= 4 is 17.5 Å². The maximum Gasteiger partial charge on any atom is 0.254 e. The van der Waals surface area contributed by atoms with Crippen LogP contribution in [0.2, 0.25) is 0 Å². The third-order valence-corrected chi connectivity index (χ3v) is 6.33. The second-order valence-corrected chi connectivity index (χ2v) is 8.21. The Morgan fingerprint density at radius 2 is 1.44 bits per heavy atom. The number of fused-ring (bicyclic) bond motifs is 1. The summed E-state index contributed by atoms with van der Waals surface area (Å²) in [6.07, 6.45) is 0. The molecule has 1 aliphatic rings. The highest BCUT2D eigenvalue weighted by Gasteiger charge is 2.44. The van der Waals surface area contributed by atoms with Crippen LogP contribution in [0.5, 0.6) is 23.0 Å². The quantitative estimate of drug-likeness (QED) is 0.524. The van der Waals surface area contributed by atoms with E-state index in [1.54, 1.807) is 55.6 Å². The molecule has 0 fully saturated rings. The summed E-state index contributed by atoms with van der Waals surface area (Å²) < 4.78 is 36.4. The maximum atomic E-state index is 15.0. The van der Waals surface area contributed by atoms with E-state index in [2.05, 4.69) is 5.32 Å². The number of benzene rings is 3. The molecule has 9 heteroatoms. The molecule has 0 spiro atoms.